The molecule has 7 heteroatoms. The lowest BCUT2D eigenvalue weighted by atomic mass is 10.1. The largest absolute Gasteiger partial charge is 0.373 e. The Balaban J connectivity index is 1.76. The van der Waals surface area contributed by atoms with Gasteiger partial charge in [-0.3, -0.25) is 19.3 Å². The standard InChI is InChI=1S/C18H23N3O4/c1-11-9-20(10-12(2)25-11)16-8-17(23)21(18(16)24)15-6-4-14(5-7-15)19-13(3)22/h4-7,11-12,16H,8-10H2,1-3H3,(H,19,22)/t11-,12-,16+/m0/s1. The highest BCUT2D eigenvalue weighted by Gasteiger charge is 2.44. The van der Waals surface area contributed by atoms with E-state index in [0.29, 0.717) is 24.5 Å². The predicted octanol–water partition coefficient (Wildman–Crippen LogP) is 1.39. The van der Waals surface area contributed by atoms with Crippen LogP contribution in [0.5, 0.6) is 0 Å². The Bertz CT molecular complexity index is 678. The fourth-order valence-corrected chi connectivity index (χ4v) is 3.54. The molecule has 2 aliphatic rings. The van der Waals surface area contributed by atoms with Crippen molar-refractivity contribution in [2.24, 2.45) is 0 Å². The van der Waals surface area contributed by atoms with Crippen LogP contribution in [0.25, 0.3) is 0 Å². The molecule has 0 saturated carbocycles. The van der Waals surface area contributed by atoms with Crippen LogP contribution in [-0.2, 0) is 19.1 Å². The molecule has 7 nitrogen and oxygen atoms in total. The second kappa shape index (κ2) is 6.93. The summed E-state index contributed by atoms with van der Waals surface area (Å²) >= 11 is 0. The highest BCUT2D eigenvalue weighted by atomic mass is 16.5. The van der Waals surface area contributed by atoms with Gasteiger partial charge in [0.1, 0.15) is 0 Å². The summed E-state index contributed by atoms with van der Waals surface area (Å²) in [4.78, 5) is 39.7. The molecule has 3 atom stereocenters. The maximum atomic E-state index is 12.8. The van der Waals surface area contributed by atoms with Gasteiger partial charge in [-0.15, -0.1) is 0 Å². The number of rotatable bonds is 3. The summed E-state index contributed by atoms with van der Waals surface area (Å²) in [5, 5.41) is 2.67. The number of amides is 3. The molecule has 0 bridgehead atoms. The maximum absolute atomic E-state index is 12.8. The zero-order chi connectivity index (χ0) is 18.1. The maximum Gasteiger partial charge on any atom is 0.251 e. The molecule has 0 aliphatic carbocycles. The summed E-state index contributed by atoms with van der Waals surface area (Å²) in [6, 6.07) is 6.28. The molecular formula is C18H23N3O4. The average Bonchev–Trinajstić information content (AvgIpc) is 2.82. The molecule has 2 fully saturated rings. The van der Waals surface area contributed by atoms with Gasteiger partial charge < -0.3 is 10.1 Å². The highest BCUT2D eigenvalue weighted by Crippen LogP contribution is 2.28. The summed E-state index contributed by atoms with van der Waals surface area (Å²) in [5.74, 6) is -0.565. The third-order valence-electron chi connectivity index (χ3n) is 4.46. The van der Waals surface area contributed by atoms with Gasteiger partial charge in [-0.2, -0.15) is 0 Å². The number of hydrogen-bond donors (Lipinski definition) is 1. The molecule has 3 amide bonds. The minimum absolute atomic E-state index is 0.0395. The SMILES string of the molecule is CC(=O)Nc1ccc(N2C(=O)C[C@@H](N3C[C@H](C)O[C@@H](C)C3)C2=O)cc1. The fourth-order valence-electron chi connectivity index (χ4n) is 3.54. The van der Waals surface area contributed by atoms with Gasteiger partial charge in [0.15, 0.2) is 0 Å². The normalized spacial score (nSPS) is 27.6. The first-order chi connectivity index (χ1) is 11.8. The summed E-state index contributed by atoms with van der Waals surface area (Å²) in [6.07, 6.45) is 0.265. The average molecular weight is 345 g/mol. The van der Waals surface area contributed by atoms with E-state index >= 15 is 0 Å². The summed E-state index contributed by atoms with van der Waals surface area (Å²) in [7, 11) is 0. The molecule has 2 heterocycles. The molecule has 134 valence electrons. The number of carbonyl (C=O) groups is 3. The first-order valence-corrected chi connectivity index (χ1v) is 8.49. The Morgan fingerprint density at radius 3 is 2.28 bits per heavy atom. The van der Waals surface area contributed by atoms with Gasteiger partial charge in [0.25, 0.3) is 5.91 Å². The van der Waals surface area contributed by atoms with Crippen molar-refractivity contribution in [2.45, 2.75) is 45.4 Å². The summed E-state index contributed by atoms with van der Waals surface area (Å²) < 4.78 is 5.71. The van der Waals surface area contributed by atoms with Gasteiger partial charge in [-0.05, 0) is 38.1 Å². The van der Waals surface area contributed by atoms with Crippen LogP contribution in [0.4, 0.5) is 11.4 Å². The van der Waals surface area contributed by atoms with Crippen molar-refractivity contribution < 1.29 is 19.1 Å². The summed E-state index contributed by atoms with van der Waals surface area (Å²) in [6.45, 7) is 6.66. The number of benzene rings is 1. The molecule has 0 spiro atoms. The van der Waals surface area contributed by atoms with Gasteiger partial charge >= 0.3 is 0 Å². The van der Waals surface area contributed by atoms with Crippen molar-refractivity contribution in [3.63, 3.8) is 0 Å². The predicted molar refractivity (Wildman–Crippen MR) is 93.2 cm³/mol. The van der Waals surface area contributed by atoms with Crippen molar-refractivity contribution in [1.82, 2.24) is 4.90 Å². The minimum Gasteiger partial charge on any atom is -0.373 e. The van der Waals surface area contributed by atoms with Crippen LogP contribution in [0.2, 0.25) is 0 Å². The molecule has 0 unspecified atom stereocenters. The minimum atomic E-state index is -0.434. The lowest BCUT2D eigenvalue weighted by Crippen LogP contribution is -2.52. The van der Waals surface area contributed by atoms with Gasteiger partial charge in [0.2, 0.25) is 11.8 Å². The van der Waals surface area contributed by atoms with E-state index in [1.165, 1.54) is 11.8 Å². The number of nitrogens with one attached hydrogen (secondary N) is 1. The zero-order valence-corrected chi connectivity index (χ0v) is 14.7. The number of imide groups is 1. The lowest BCUT2D eigenvalue weighted by Gasteiger charge is -2.37. The first kappa shape index (κ1) is 17.6. The quantitative estimate of drug-likeness (QED) is 0.838. The van der Waals surface area contributed by atoms with Crippen LogP contribution < -0.4 is 10.2 Å². The zero-order valence-electron chi connectivity index (χ0n) is 14.7. The van der Waals surface area contributed by atoms with E-state index in [4.69, 9.17) is 4.74 Å². The van der Waals surface area contributed by atoms with Crippen LogP contribution >= 0.6 is 0 Å². The topological polar surface area (TPSA) is 79.0 Å². The van der Waals surface area contributed by atoms with Crippen molar-refractivity contribution >= 4 is 29.1 Å². The number of anilines is 2. The van der Waals surface area contributed by atoms with Gasteiger partial charge in [0.05, 0.1) is 30.4 Å². The van der Waals surface area contributed by atoms with Crippen molar-refractivity contribution in [1.29, 1.82) is 0 Å². The molecule has 1 aromatic carbocycles. The molecule has 25 heavy (non-hydrogen) atoms. The Morgan fingerprint density at radius 1 is 1.12 bits per heavy atom. The number of nitrogens with zero attached hydrogens (tertiary/aromatic N) is 2. The third-order valence-corrected chi connectivity index (χ3v) is 4.46. The van der Waals surface area contributed by atoms with E-state index in [0.717, 1.165) is 0 Å². The van der Waals surface area contributed by atoms with E-state index in [1.807, 2.05) is 18.7 Å². The van der Waals surface area contributed by atoms with E-state index in [-0.39, 0.29) is 36.4 Å². The molecule has 2 saturated heterocycles. The first-order valence-electron chi connectivity index (χ1n) is 8.49. The van der Waals surface area contributed by atoms with Crippen LogP contribution in [-0.4, -0.2) is 54.0 Å². The molecule has 1 N–H and O–H groups in total. The third kappa shape index (κ3) is 3.72. The summed E-state index contributed by atoms with van der Waals surface area (Å²) in [5.41, 5.74) is 1.16. The van der Waals surface area contributed by atoms with Crippen LogP contribution in [0.15, 0.2) is 24.3 Å². The Hall–Kier alpha value is -2.25. The van der Waals surface area contributed by atoms with Crippen molar-refractivity contribution in [3.8, 4) is 0 Å². The second-order valence-electron chi connectivity index (χ2n) is 6.73. The van der Waals surface area contributed by atoms with E-state index in [9.17, 15) is 14.4 Å². The monoisotopic (exact) mass is 345 g/mol. The number of carbonyl (C=O) groups excluding carboxylic acids is 3. The number of ether oxygens (including phenoxy) is 1. The molecule has 1 aromatic rings. The van der Waals surface area contributed by atoms with Gasteiger partial charge in [0, 0.05) is 25.7 Å². The number of morpholine rings is 1. The smallest absolute Gasteiger partial charge is 0.251 e. The molecule has 3 rings (SSSR count). The molecule has 2 aliphatic heterocycles. The Kier molecular flexibility index (Phi) is 4.87. The second-order valence-corrected chi connectivity index (χ2v) is 6.73. The molecule has 0 radical (unpaired) electrons. The van der Waals surface area contributed by atoms with Crippen LogP contribution in [0.1, 0.15) is 27.2 Å². The Morgan fingerprint density at radius 2 is 1.72 bits per heavy atom. The van der Waals surface area contributed by atoms with Gasteiger partial charge in [-0.1, -0.05) is 0 Å². The van der Waals surface area contributed by atoms with E-state index in [1.54, 1.807) is 24.3 Å². The fraction of sp³-hybridized carbons (Fsp3) is 0.500. The van der Waals surface area contributed by atoms with Crippen LogP contribution in [0.3, 0.4) is 0 Å². The van der Waals surface area contributed by atoms with Gasteiger partial charge in [-0.25, -0.2) is 4.90 Å². The Labute approximate surface area is 146 Å². The van der Waals surface area contributed by atoms with E-state index in [2.05, 4.69) is 5.32 Å². The van der Waals surface area contributed by atoms with E-state index < -0.39 is 6.04 Å². The van der Waals surface area contributed by atoms with Crippen molar-refractivity contribution in [3.05, 3.63) is 24.3 Å². The lowest BCUT2D eigenvalue weighted by molar-refractivity contribution is -0.127. The molecule has 0 aromatic heterocycles. The molecular weight excluding hydrogens is 322 g/mol. The van der Waals surface area contributed by atoms with Crippen molar-refractivity contribution in [2.75, 3.05) is 23.3 Å². The highest BCUT2D eigenvalue weighted by molar-refractivity contribution is 6.22. The number of hydrogen-bond acceptors (Lipinski definition) is 5. The van der Waals surface area contributed by atoms with Crippen LogP contribution in [0, 0.1) is 0 Å².